The molecule has 0 bridgehead atoms. The predicted octanol–water partition coefficient (Wildman–Crippen LogP) is 0.678. The Bertz CT molecular complexity index is 495. The van der Waals surface area contributed by atoms with Crippen molar-refractivity contribution in [2.75, 3.05) is 18.9 Å². The third kappa shape index (κ3) is 2.85. The molecular formula is C13H17FN2O3. The normalized spacial score (nSPS) is 26.4. The van der Waals surface area contributed by atoms with Crippen LogP contribution in [0.3, 0.4) is 0 Å². The van der Waals surface area contributed by atoms with Gasteiger partial charge in [0.15, 0.2) is 0 Å². The molecule has 0 radical (unpaired) electrons. The van der Waals surface area contributed by atoms with E-state index in [-0.39, 0.29) is 23.9 Å². The summed E-state index contributed by atoms with van der Waals surface area (Å²) in [6, 6.07) is 3.86. The highest BCUT2D eigenvalue weighted by Crippen LogP contribution is 2.24. The zero-order valence-corrected chi connectivity index (χ0v) is 10.6. The van der Waals surface area contributed by atoms with Gasteiger partial charge >= 0.3 is 0 Å². The maximum Gasteiger partial charge on any atom is 0.254 e. The van der Waals surface area contributed by atoms with Gasteiger partial charge in [0.25, 0.3) is 5.91 Å². The Balaban J connectivity index is 2.02. The van der Waals surface area contributed by atoms with Crippen molar-refractivity contribution >= 4 is 11.6 Å². The molecule has 2 rings (SSSR count). The van der Waals surface area contributed by atoms with Gasteiger partial charge in [-0.15, -0.1) is 0 Å². The Morgan fingerprint density at radius 1 is 1.68 bits per heavy atom. The molecular weight excluding hydrogens is 251 g/mol. The molecule has 1 amide bonds. The molecule has 0 spiro atoms. The Morgan fingerprint density at radius 3 is 3.00 bits per heavy atom. The van der Waals surface area contributed by atoms with Crippen LogP contribution in [0.5, 0.6) is 0 Å². The van der Waals surface area contributed by atoms with Crippen molar-refractivity contribution in [3.63, 3.8) is 0 Å². The molecule has 1 aliphatic rings. The minimum absolute atomic E-state index is 0.0246. The summed E-state index contributed by atoms with van der Waals surface area (Å²) in [6.07, 6.45) is 0.0858. The van der Waals surface area contributed by atoms with E-state index < -0.39 is 17.3 Å². The van der Waals surface area contributed by atoms with Gasteiger partial charge in [0.2, 0.25) is 0 Å². The van der Waals surface area contributed by atoms with E-state index in [9.17, 15) is 14.3 Å². The highest BCUT2D eigenvalue weighted by atomic mass is 19.1. The van der Waals surface area contributed by atoms with Crippen LogP contribution < -0.4 is 11.1 Å². The molecule has 1 fully saturated rings. The Labute approximate surface area is 110 Å². The molecule has 1 saturated heterocycles. The fraction of sp³-hybridized carbons (Fsp3) is 0.462. The molecule has 2 atom stereocenters. The largest absolute Gasteiger partial charge is 0.399 e. The number of nitrogens with two attached hydrogens (primary N) is 1. The number of anilines is 1. The number of benzene rings is 1. The van der Waals surface area contributed by atoms with E-state index in [0.29, 0.717) is 13.0 Å². The first-order valence-electron chi connectivity index (χ1n) is 6.09. The number of amides is 1. The second-order valence-corrected chi connectivity index (χ2v) is 4.79. The zero-order valence-electron chi connectivity index (χ0n) is 10.6. The topological polar surface area (TPSA) is 84.6 Å². The molecule has 1 aliphatic heterocycles. The van der Waals surface area contributed by atoms with Gasteiger partial charge < -0.3 is 20.9 Å². The van der Waals surface area contributed by atoms with Gasteiger partial charge in [-0.2, -0.15) is 0 Å². The number of aliphatic hydroxyl groups is 1. The maximum atomic E-state index is 13.5. The molecule has 4 N–H and O–H groups in total. The van der Waals surface area contributed by atoms with Crippen LogP contribution in [-0.4, -0.2) is 35.9 Å². The van der Waals surface area contributed by atoms with Crippen molar-refractivity contribution in [2.24, 2.45) is 0 Å². The molecule has 1 aromatic rings. The van der Waals surface area contributed by atoms with Crippen LogP contribution in [0.1, 0.15) is 23.7 Å². The second-order valence-electron chi connectivity index (χ2n) is 4.79. The third-order valence-electron chi connectivity index (χ3n) is 3.45. The van der Waals surface area contributed by atoms with Crippen LogP contribution in [0.15, 0.2) is 18.2 Å². The molecule has 19 heavy (non-hydrogen) atoms. The van der Waals surface area contributed by atoms with Crippen molar-refractivity contribution in [1.82, 2.24) is 5.32 Å². The number of carbonyl (C=O) groups excluding carboxylic acids is 1. The van der Waals surface area contributed by atoms with E-state index in [1.165, 1.54) is 12.1 Å². The number of nitrogens with one attached hydrogen (secondary N) is 1. The van der Waals surface area contributed by atoms with Gasteiger partial charge in [-0.1, -0.05) is 0 Å². The lowest BCUT2D eigenvalue weighted by Crippen LogP contribution is -2.47. The van der Waals surface area contributed by atoms with E-state index in [4.69, 9.17) is 10.5 Å². The molecule has 0 aliphatic carbocycles. The smallest absolute Gasteiger partial charge is 0.254 e. The SMILES string of the molecule is CC1OCCC1(O)CNC(=O)c1ccc(N)cc1F. The average molecular weight is 268 g/mol. The van der Waals surface area contributed by atoms with Crippen LogP contribution in [0.2, 0.25) is 0 Å². The van der Waals surface area contributed by atoms with Gasteiger partial charge in [-0.25, -0.2) is 4.39 Å². The monoisotopic (exact) mass is 268 g/mol. The number of carbonyl (C=O) groups is 1. The van der Waals surface area contributed by atoms with Crippen molar-refractivity contribution < 1.29 is 19.0 Å². The highest BCUT2D eigenvalue weighted by Gasteiger charge is 2.39. The van der Waals surface area contributed by atoms with Crippen LogP contribution in [0.25, 0.3) is 0 Å². The molecule has 5 nitrogen and oxygen atoms in total. The van der Waals surface area contributed by atoms with E-state index in [1.807, 2.05) is 0 Å². The minimum atomic E-state index is -1.10. The second kappa shape index (κ2) is 5.14. The average Bonchev–Trinajstić information content (AvgIpc) is 2.67. The van der Waals surface area contributed by atoms with Crippen LogP contribution in [0, 0.1) is 5.82 Å². The summed E-state index contributed by atoms with van der Waals surface area (Å²) in [5.41, 5.74) is 4.48. The van der Waals surface area contributed by atoms with E-state index in [1.54, 1.807) is 6.92 Å². The van der Waals surface area contributed by atoms with E-state index >= 15 is 0 Å². The standard InChI is InChI=1S/C13H17FN2O3/c1-8-13(18,4-5-19-8)7-16-12(17)10-3-2-9(15)6-11(10)14/h2-3,6,8,18H,4-5,7,15H2,1H3,(H,16,17). The van der Waals surface area contributed by atoms with Gasteiger partial charge in [-0.05, 0) is 25.1 Å². The minimum Gasteiger partial charge on any atom is -0.399 e. The van der Waals surface area contributed by atoms with Crippen molar-refractivity contribution in [2.45, 2.75) is 25.0 Å². The predicted molar refractivity (Wildman–Crippen MR) is 68.1 cm³/mol. The fourth-order valence-electron chi connectivity index (χ4n) is 2.05. The lowest BCUT2D eigenvalue weighted by molar-refractivity contribution is -0.0251. The van der Waals surface area contributed by atoms with Crippen molar-refractivity contribution in [1.29, 1.82) is 0 Å². The zero-order chi connectivity index (χ0) is 14.0. The van der Waals surface area contributed by atoms with Crippen molar-refractivity contribution in [3.05, 3.63) is 29.6 Å². The summed E-state index contributed by atoms with van der Waals surface area (Å²) in [4.78, 5) is 11.8. The van der Waals surface area contributed by atoms with Gasteiger partial charge in [-0.3, -0.25) is 4.79 Å². The molecule has 6 heteroatoms. The van der Waals surface area contributed by atoms with E-state index in [2.05, 4.69) is 5.32 Å². The Morgan fingerprint density at radius 2 is 2.42 bits per heavy atom. The number of nitrogen functional groups attached to an aromatic ring is 1. The summed E-state index contributed by atoms with van der Waals surface area (Å²) in [7, 11) is 0. The van der Waals surface area contributed by atoms with Crippen LogP contribution in [0.4, 0.5) is 10.1 Å². The highest BCUT2D eigenvalue weighted by molar-refractivity contribution is 5.94. The molecule has 1 heterocycles. The van der Waals surface area contributed by atoms with Gasteiger partial charge in [0.05, 0.1) is 11.7 Å². The third-order valence-corrected chi connectivity index (χ3v) is 3.45. The number of rotatable bonds is 3. The molecule has 2 unspecified atom stereocenters. The Kier molecular flexibility index (Phi) is 3.73. The molecule has 0 saturated carbocycles. The first-order chi connectivity index (χ1) is 8.92. The molecule has 104 valence electrons. The number of hydrogen-bond donors (Lipinski definition) is 3. The summed E-state index contributed by atoms with van der Waals surface area (Å²) in [5.74, 6) is -1.26. The maximum absolute atomic E-state index is 13.5. The first-order valence-corrected chi connectivity index (χ1v) is 6.09. The summed E-state index contributed by atoms with van der Waals surface area (Å²) < 4.78 is 18.8. The summed E-state index contributed by atoms with van der Waals surface area (Å²) in [5, 5.41) is 12.7. The van der Waals surface area contributed by atoms with Crippen molar-refractivity contribution in [3.8, 4) is 0 Å². The summed E-state index contributed by atoms with van der Waals surface area (Å²) in [6.45, 7) is 2.21. The van der Waals surface area contributed by atoms with Gasteiger partial charge in [0.1, 0.15) is 11.4 Å². The Hall–Kier alpha value is -1.66. The molecule has 0 aromatic heterocycles. The van der Waals surface area contributed by atoms with Gasteiger partial charge in [0, 0.05) is 25.3 Å². The lowest BCUT2D eigenvalue weighted by atomic mass is 9.96. The quantitative estimate of drug-likeness (QED) is 0.704. The lowest BCUT2D eigenvalue weighted by Gasteiger charge is -2.26. The molecule has 1 aromatic carbocycles. The first kappa shape index (κ1) is 13.8. The van der Waals surface area contributed by atoms with E-state index in [0.717, 1.165) is 6.07 Å². The summed E-state index contributed by atoms with van der Waals surface area (Å²) >= 11 is 0. The van der Waals surface area contributed by atoms with Crippen LogP contribution >= 0.6 is 0 Å². The number of hydrogen-bond acceptors (Lipinski definition) is 4. The number of halogens is 1. The van der Waals surface area contributed by atoms with Crippen LogP contribution in [-0.2, 0) is 4.74 Å². The fourth-order valence-corrected chi connectivity index (χ4v) is 2.05. The number of ether oxygens (including phenoxy) is 1.